The standard InChI is InChI=1S/C17H16N2O3/c1-12(22-14-9-7-13(11-18)8-10-14)17(20)19-15-5-3-4-6-16(15)21-2/h3-10,12H,1-2H3,(H,19,20)/t12-/m1/s1. The van der Waals surface area contributed by atoms with E-state index in [2.05, 4.69) is 5.32 Å². The predicted octanol–water partition coefficient (Wildman–Crippen LogP) is 2.97. The summed E-state index contributed by atoms with van der Waals surface area (Å²) in [6.45, 7) is 1.66. The molecule has 2 rings (SSSR count). The minimum absolute atomic E-state index is 0.283. The van der Waals surface area contributed by atoms with E-state index < -0.39 is 6.10 Å². The SMILES string of the molecule is COc1ccccc1NC(=O)[C@@H](C)Oc1ccc(C#N)cc1. The first kappa shape index (κ1) is 15.4. The Labute approximate surface area is 129 Å². The second-order valence-corrected chi connectivity index (χ2v) is 4.59. The summed E-state index contributed by atoms with van der Waals surface area (Å²) in [6.07, 6.45) is -0.683. The molecule has 5 nitrogen and oxygen atoms in total. The molecular formula is C17H16N2O3. The minimum Gasteiger partial charge on any atom is -0.495 e. The van der Waals surface area contributed by atoms with Crippen LogP contribution >= 0.6 is 0 Å². The molecule has 1 N–H and O–H groups in total. The number of methoxy groups -OCH3 is 1. The van der Waals surface area contributed by atoms with Crippen LogP contribution in [0.4, 0.5) is 5.69 Å². The molecule has 0 aliphatic rings. The zero-order valence-corrected chi connectivity index (χ0v) is 12.4. The maximum absolute atomic E-state index is 12.2. The fourth-order valence-corrected chi connectivity index (χ4v) is 1.85. The zero-order chi connectivity index (χ0) is 15.9. The molecule has 1 atom stereocenters. The van der Waals surface area contributed by atoms with Crippen molar-refractivity contribution < 1.29 is 14.3 Å². The number of nitrogens with one attached hydrogen (secondary N) is 1. The Kier molecular flexibility index (Phi) is 4.99. The van der Waals surface area contributed by atoms with Gasteiger partial charge in [-0.15, -0.1) is 0 Å². The van der Waals surface area contributed by atoms with Gasteiger partial charge in [-0.3, -0.25) is 4.79 Å². The first-order valence-electron chi connectivity index (χ1n) is 6.74. The third-order valence-electron chi connectivity index (χ3n) is 3.03. The van der Waals surface area contributed by atoms with Crippen molar-refractivity contribution in [1.82, 2.24) is 0 Å². The van der Waals surface area contributed by atoms with Gasteiger partial charge in [0.15, 0.2) is 6.10 Å². The van der Waals surface area contributed by atoms with Gasteiger partial charge in [-0.05, 0) is 43.3 Å². The van der Waals surface area contributed by atoms with Crippen molar-refractivity contribution in [3.8, 4) is 17.6 Å². The lowest BCUT2D eigenvalue weighted by Gasteiger charge is -2.16. The van der Waals surface area contributed by atoms with Crippen LogP contribution in [0.2, 0.25) is 0 Å². The normalized spacial score (nSPS) is 11.1. The molecule has 2 aromatic carbocycles. The quantitative estimate of drug-likeness (QED) is 0.920. The van der Waals surface area contributed by atoms with Gasteiger partial charge >= 0.3 is 0 Å². The number of para-hydroxylation sites is 2. The number of hydrogen-bond acceptors (Lipinski definition) is 4. The van der Waals surface area contributed by atoms with Crippen LogP contribution in [0.3, 0.4) is 0 Å². The summed E-state index contributed by atoms with van der Waals surface area (Å²) in [5, 5.41) is 11.5. The Morgan fingerprint density at radius 3 is 2.50 bits per heavy atom. The maximum Gasteiger partial charge on any atom is 0.265 e. The van der Waals surface area contributed by atoms with Crippen LogP contribution in [0.1, 0.15) is 12.5 Å². The summed E-state index contributed by atoms with van der Waals surface area (Å²) >= 11 is 0. The topological polar surface area (TPSA) is 71.3 Å². The van der Waals surface area contributed by atoms with Crippen LogP contribution in [0.15, 0.2) is 48.5 Å². The van der Waals surface area contributed by atoms with Crippen LogP contribution in [-0.2, 0) is 4.79 Å². The predicted molar refractivity (Wildman–Crippen MR) is 82.9 cm³/mol. The Morgan fingerprint density at radius 2 is 1.86 bits per heavy atom. The summed E-state index contributed by atoms with van der Waals surface area (Å²) in [4.78, 5) is 12.2. The van der Waals surface area contributed by atoms with Crippen molar-refractivity contribution in [1.29, 1.82) is 5.26 Å². The van der Waals surface area contributed by atoms with Crippen molar-refractivity contribution in [3.63, 3.8) is 0 Å². The molecule has 0 radical (unpaired) electrons. The van der Waals surface area contributed by atoms with Gasteiger partial charge in [0.1, 0.15) is 11.5 Å². The highest BCUT2D eigenvalue weighted by molar-refractivity contribution is 5.95. The molecular weight excluding hydrogens is 280 g/mol. The summed E-state index contributed by atoms with van der Waals surface area (Å²) in [6, 6.07) is 15.8. The Balaban J connectivity index is 2.01. The second-order valence-electron chi connectivity index (χ2n) is 4.59. The molecule has 0 fully saturated rings. The molecule has 0 heterocycles. The Hall–Kier alpha value is -3.00. The average molecular weight is 296 g/mol. The lowest BCUT2D eigenvalue weighted by atomic mass is 10.2. The molecule has 0 spiro atoms. The van der Waals surface area contributed by atoms with E-state index in [1.54, 1.807) is 50.4 Å². The maximum atomic E-state index is 12.2. The van der Waals surface area contributed by atoms with E-state index in [1.807, 2.05) is 18.2 Å². The van der Waals surface area contributed by atoms with E-state index in [1.165, 1.54) is 0 Å². The highest BCUT2D eigenvalue weighted by Gasteiger charge is 2.16. The van der Waals surface area contributed by atoms with Gasteiger partial charge in [-0.25, -0.2) is 0 Å². The fraction of sp³-hybridized carbons (Fsp3) is 0.176. The Morgan fingerprint density at radius 1 is 1.18 bits per heavy atom. The highest BCUT2D eigenvalue weighted by Crippen LogP contribution is 2.23. The zero-order valence-electron chi connectivity index (χ0n) is 12.4. The fourth-order valence-electron chi connectivity index (χ4n) is 1.85. The first-order valence-corrected chi connectivity index (χ1v) is 6.74. The molecule has 2 aromatic rings. The second kappa shape index (κ2) is 7.14. The molecule has 1 amide bonds. The van der Waals surface area contributed by atoms with Crippen molar-refractivity contribution in [2.45, 2.75) is 13.0 Å². The lowest BCUT2D eigenvalue weighted by molar-refractivity contribution is -0.122. The van der Waals surface area contributed by atoms with Crippen LogP contribution in [0.25, 0.3) is 0 Å². The van der Waals surface area contributed by atoms with Gasteiger partial charge in [-0.2, -0.15) is 5.26 Å². The molecule has 5 heteroatoms. The lowest BCUT2D eigenvalue weighted by Crippen LogP contribution is -2.30. The Bertz CT molecular complexity index is 690. The van der Waals surface area contributed by atoms with Gasteiger partial charge in [0.25, 0.3) is 5.91 Å². The number of carbonyl (C=O) groups excluding carboxylic acids is 1. The molecule has 0 unspecified atom stereocenters. The van der Waals surface area contributed by atoms with Crippen molar-refractivity contribution in [3.05, 3.63) is 54.1 Å². The van der Waals surface area contributed by atoms with Gasteiger partial charge in [0.05, 0.1) is 24.4 Å². The van der Waals surface area contributed by atoms with E-state index in [0.717, 1.165) is 0 Å². The van der Waals surface area contributed by atoms with Crippen LogP contribution in [-0.4, -0.2) is 19.1 Å². The van der Waals surface area contributed by atoms with Crippen molar-refractivity contribution in [2.75, 3.05) is 12.4 Å². The number of ether oxygens (including phenoxy) is 2. The summed E-state index contributed by atoms with van der Waals surface area (Å²) in [7, 11) is 1.54. The average Bonchev–Trinajstić information content (AvgIpc) is 2.56. The molecule has 0 aliphatic heterocycles. The number of amides is 1. The third kappa shape index (κ3) is 3.76. The van der Waals surface area contributed by atoms with E-state index >= 15 is 0 Å². The van der Waals surface area contributed by atoms with E-state index in [-0.39, 0.29) is 5.91 Å². The number of nitrogens with zero attached hydrogens (tertiary/aromatic N) is 1. The largest absolute Gasteiger partial charge is 0.495 e. The summed E-state index contributed by atoms with van der Waals surface area (Å²) in [5.74, 6) is 0.831. The molecule has 0 aromatic heterocycles. The van der Waals surface area contributed by atoms with Crippen molar-refractivity contribution >= 4 is 11.6 Å². The van der Waals surface area contributed by atoms with E-state index in [4.69, 9.17) is 14.7 Å². The van der Waals surface area contributed by atoms with Crippen LogP contribution < -0.4 is 14.8 Å². The molecule has 0 saturated heterocycles. The number of anilines is 1. The van der Waals surface area contributed by atoms with Crippen LogP contribution in [0, 0.1) is 11.3 Å². The number of rotatable bonds is 5. The number of carbonyl (C=O) groups is 1. The van der Waals surface area contributed by atoms with Gasteiger partial charge in [0.2, 0.25) is 0 Å². The minimum atomic E-state index is -0.683. The van der Waals surface area contributed by atoms with Gasteiger partial charge < -0.3 is 14.8 Å². The van der Waals surface area contributed by atoms with Crippen molar-refractivity contribution in [2.24, 2.45) is 0 Å². The number of nitriles is 1. The molecule has 0 aliphatic carbocycles. The molecule has 0 saturated carbocycles. The molecule has 112 valence electrons. The van der Waals surface area contributed by atoms with Gasteiger partial charge in [-0.1, -0.05) is 12.1 Å². The number of benzene rings is 2. The summed E-state index contributed by atoms with van der Waals surface area (Å²) in [5.41, 5.74) is 1.13. The smallest absolute Gasteiger partial charge is 0.265 e. The van der Waals surface area contributed by atoms with E-state index in [0.29, 0.717) is 22.7 Å². The van der Waals surface area contributed by atoms with E-state index in [9.17, 15) is 4.79 Å². The van der Waals surface area contributed by atoms with Gasteiger partial charge in [0, 0.05) is 0 Å². The molecule has 22 heavy (non-hydrogen) atoms. The first-order chi connectivity index (χ1) is 10.6. The summed E-state index contributed by atoms with van der Waals surface area (Å²) < 4.78 is 10.7. The van der Waals surface area contributed by atoms with Crippen LogP contribution in [0.5, 0.6) is 11.5 Å². The monoisotopic (exact) mass is 296 g/mol. The number of hydrogen-bond donors (Lipinski definition) is 1. The third-order valence-corrected chi connectivity index (χ3v) is 3.03. The highest BCUT2D eigenvalue weighted by atomic mass is 16.5. The molecule has 0 bridgehead atoms.